The second-order valence-electron chi connectivity index (χ2n) is 6.60. The summed E-state index contributed by atoms with van der Waals surface area (Å²) in [6.45, 7) is 0. The molecule has 0 bridgehead atoms. The van der Waals surface area contributed by atoms with Gasteiger partial charge >= 0.3 is 0 Å². The highest BCUT2D eigenvalue weighted by Crippen LogP contribution is 2.38. The largest absolute Gasteiger partial charge is 0.315 e. The summed E-state index contributed by atoms with van der Waals surface area (Å²) in [6, 6.07) is 14.3. The van der Waals surface area contributed by atoms with Crippen LogP contribution in [0.4, 0.5) is 0 Å². The van der Waals surface area contributed by atoms with E-state index in [-0.39, 0.29) is 5.91 Å². The second-order valence-corrected chi connectivity index (χ2v) is 7.52. The number of aryl methyl sites for hydroxylation is 2. The molecule has 4 rings (SSSR count). The highest BCUT2D eigenvalue weighted by molar-refractivity contribution is 9.10. The van der Waals surface area contributed by atoms with Gasteiger partial charge in [-0.25, -0.2) is 0 Å². The molecule has 24 heavy (non-hydrogen) atoms. The Labute approximate surface area is 150 Å². The first-order valence-electron chi connectivity index (χ1n) is 8.21. The van der Waals surface area contributed by atoms with Crippen LogP contribution in [0.3, 0.4) is 0 Å². The highest BCUT2D eigenvalue weighted by Gasteiger charge is 2.51. The minimum Gasteiger partial charge on any atom is -0.315 e. The molecule has 3 N–H and O–H groups in total. The van der Waals surface area contributed by atoms with Crippen LogP contribution in [0.25, 0.3) is 0 Å². The van der Waals surface area contributed by atoms with Crippen molar-refractivity contribution in [3.63, 3.8) is 0 Å². The van der Waals surface area contributed by atoms with Gasteiger partial charge in [0, 0.05) is 11.5 Å². The Hall–Kier alpha value is -1.69. The van der Waals surface area contributed by atoms with E-state index in [4.69, 9.17) is 5.73 Å². The van der Waals surface area contributed by atoms with Crippen molar-refractivity contribution in [3.05, 3.63) is 69.2 Å². The lowest BCUT2D eigenvalue weighted by Gasteiger charge is -2.29. The lowest BCUT2D eigenvalue weighted by molar-refractivity contribution is -0.131. The normalized spacial score (nSPS) is 26.0. The lowest BCUT2D eigenvalue weighted by atomic mass is 9.81. The summed E-state index contributed by atoms with van der Waals surface area (Å²) in [4.78, 5) is 14.8. The Morgan fingerprint density at radius 1 is 1.17 bits per heavy atom. The first-order valence-corrected chi connectivity index (χ1v) is 9.00. The molecule has 1 amide bonds. The molecule has 1 heterocycles. The zero-order valence-corrected chi connectivity index (χ0v) is 15.1. The smallest absolute Gasteiger partial charge is 0.254 e. The third-order valence-corrected chi connectivity index (χ3v) is 5.71. The topological polar surface area (TPSA) is 58.4 Å². The van der Waals surface area contributed by atoms with Crippen LogP contribution in [-0.2, 0) is 23.2 Å². The van der Waals surface area contributed by atoms with E-state index in [1.807, 2.05) is 24.3 Å². The van der Waals surface area contributed by atoms with Crippen molar-refractivity contribution in [3.8, 4) is 0 Å². The summed E-state index contributed by atoms with van der Waals surface area (Å²) in [7, 11) is 1.74. The first-order chi connectivity index (χ1) is 11.5. The highest BCUT2D eigenvalue weighted by atomic mass is 79.9. The number of carbonyl (C=O) groups excluding carboxylic acids is 1. The van der Waals surface area contributed by atoms with Crippen molar-refractivity contribution in [1.29, 1.82) is 0 Å². The third kappa shape index (κ3) is 2.23. The molecule has 0 radical (unpaired) electrons. The molecule has 0 aromatic heterocycles. The third-order valence-electron chi connectivity index (χ3n) is 5.21. The van der Waals surface area contributed by atoms with Crippen LogP contribution >= 0.6 is 15.9 Å². The number of halogens is 1. The van der Waals surface area contributed by atoms with Crippen LogP contribution in [0, 0.1) is 0 Å². The summed E-state index contributed by atoms with van der Waals surface area (Å²) < 4.78 is 0.943. The Kier molecular flexibility index (Phi) is 3.75. The monoisotopic (exact) mass is 385 g/mol. The van der Waals surface area contributed by atoms with Crippen molar-refractivity contribution in [2.45, 2.75) is 31.1 Å². The minimum atomic E-state index is -0.935. The predicted molar refractivity (Wildman–Crippen MR) is 97.3 cm³/mol. The summed E-state index contributed by atoms with van der Waals surface area (Å²) in [6.07, 6.45) is 2.88. The fourth-order valence-electron chi connectivity index (χ4n) is 3.88. The molecule has 1 saturated heterocycles. The minimum absolute atomic E-state index is 0.0222. The van der Waals surface area contributed by atoms with Crippen molar-refractivity contribution in [1.82, 2.24) is 10.2 Å². The van der Waals surface area contributed by atoms with Gasteiger partial charge in [0.2, 0.25) is 0 Å². The number of nitrogens with zero attached hydrogens (tertiary/aromatic N) is 1. The maximum absolute atomic E-state index is 13.2. The number of fused-ring (bicyclic) bond motifs is 1. The van der Waals surface area contributed by atoms with Gasteiger partial charge in [-0.15, -0.1) is 0 Å². The molecule has 0 saturated carbocycles. The maximum atomic E-state index is 13.2. The van der Waals surface area contributed by atoms with Crippen molar-refractivity contribution < 1.29 is 4.79 Å². The Balaban J connectivity index is 1.93. The molecule has 124 valence electrons. The summed E-state index contributed by atoms with van der Waals surface area (Å²) in [5, 5.41) is 3.35. The molecule has 2 unspecified atom stereocenters. The number of carbonyl (C=O) groups is 1. The SMILES string of the molecule is CN1C(=O)C(c2cccc(Br)c2)(c2ccc3c(c2)CCC3)NC1N. The van der Waals surface area contributed by atoms with E-state index >= 15 is 0 Å². The predicted octanol–water partition coefficient (Wildman–Crippen LogP) is 2.49. The molecule has 2 aromatic rings. The van der Waals surface area contributed by atoms with Crippen molar-refractivity contribution in [2.75, 3.05) is 7.05 Å². The quantitative estimate of drug-likeness (QED) is 0.834. The van der Waals surface area contributed by atoms with E-state index in [1.165, 1.54) is 17.5 Å². The molecular weight excluding hydrogens is 366 g/mol. The number of amides is 1. The maximum Gasteiger partial charge on any atom is 0.254 e. The number of nitrogens with one attached hydrogen (secondary N) is 1. The molecule has 0 spiro atoms. The standard InChI is InChI=1S/C19H20BrN3O/c1-23-17(24)19(22-18(23)21,14-6-3-7-16(20)11-14)15-9-8-12-4-2-5-13(12)10-15/h3,6-11,18,22H,2,4-5,21H2,1H3. The van der Waals surface area contributed by atoms with Gasteiger partial charge in [-0.05, 0) is 53.6 Å². The fraction of sp³-hybridized carbons (Fsp3) is 0.316. The lowest BCUT2D eigenvalue weighted by Crippen LogP contribution is -2.48. The van der Waals surface area contributed by atoms with Gasteiger partial charge in [0.05, 0.1) is 0 Å². The summed E-state index contributed by atoms with van der Waals surface area (Å²) >= 11 is 3.52. The van der Waals surface area contributed by atoms with Gasteiger partial charge in [-0.1, -0.05) is 46.3 Å². The fourth-order valence-corrected chi connectivity index (χ4v) is 4.28. The molecule has 1 aliphatic carbocycles. The van der Waals surface area contributed by atoms with Crippen LogP contribution in [0.1, 0.15) is 28.7 Å². The summed E-state index contributed by atoms with van der Waals surface area (Å²) in [5.74, 6) is -0.0222. The number of nitrogens with two attached hydrogens (primary N) is 1. The number of benzene rings is 2. The average molecular weight is 386 g/mol. The van der Waals surface area contributed by atoms with E-state index in [0.29, 0.717) is 0 Å². The Morgan fingerprint density at radius 2 is 1.92 bits per heavy atom. The number of rotatable bonds is 2. The van der Waals surface area contributed by atoms with Crippen LogP contribution in [0.5, 0.6) is 0 Å². The molecule has 1 aliphatic heterocycles. The first kappa shape index (κ1) is 15.8. The van der Waals surface area contributed by atoms with E-state index in [1.54, 1.807) is 11.9 Å². The molecule has 2 aliphatic rings. The molecule has 4 nitrogen and oxygen atoms in total. The van der Waals surface area contributed by atoms with Crippen LogP contribution in [0.2, 0.25) is 0 Å². The number of likely N-dealkylation sites (N-methyl/N-ethyl adjacent to an activating group) is 1. The molecule has 5 heteroatoms. The van der Waals surface area contributed by atoms with Gasteiger partial charge in [-0.2, -0.15) is 0 Å². The van der Waals surface area contributed by atoms with Gasteiger partial charge in [0.15, 0.2) is 5.54 Å². The van der Waals surface area contributed by atoms with Gasteiger partial charge in [0.25, 0.3) is 5.91 Å². The average Bonchev–Trinajstić information content (AvgIpc) is 3.13. The van der Waals surface area contributed by atoms with Crippen LogP contribution < -0.4 is 11.1 Å². The molecule has 1 fully saturated rings. The van der Waals surface area contributed by atoms with Crippen LogP contribution in [-0.4, -0.2) is 24.1 Å². The van der Waals surface area contributed by atoms with E-state index < -0.39 is 11.8 Å². The molecule has 2 aromatic carbocycles. The van der Waals surface area contributed by atoms with Gasteiger partial charge in [0.1, 0.15) is 6.29 Å². The van der Waals surface area contributed by atoms with Gasteiger partial charge in [-0.3, -0.25) is 15.8 Å². The Morgan fingerprint density at radius 3 is 2.62 bits per heavy atom. The van der Waals surface area contributed by atoms with E-state index in [0.717, 1.165) is 28.4 Å². The molecular formula is C19H20BrN3O. The number of hydrogen-bond donors (Lipinski definition) is 2. The Bertz CT molecular complexity index is 822. The van der Waals surface area contributed by atoms with E-state index in [2.05, 4.69) is 39.4 Å². The summed E-state index contributed by atoms with van der Waals surface area (Å²) in [5.41, 5.74) is 9.82. The zero-order chi connectivity index (χ0) is 16.9. The van der Waals surface area contributed by atoms with Gasteiger partial charge < -0.3 is 4.90 Å². The second kappa shape index (κ2) is 5.69. The van der Waals surface area contributed by atoms with Crippen molar-refractivity contribution in [2.24, 2.45) is 5.73 Å². The molecule has 2 atom stereocenters. The zero-order valence-electron chi connectivity index (χ0n) is 13.6. The van der Waals surface area contributed by atoms with Crippen molar-refractivity contribution >= 4 is 21.8 Å². The van der Waals surface area contributed by atoms with E-state index in [9.17, 15) is 4.79 Å². The number of hydrogen-bond acceptors (Lipinski definition) is 3. The van der Waals surface area contributed by atoms with Crippen LogP contribution in [0.15, 0.2) is 46.9 Å².